The number of benzene rings is 1. The number of carbonyl (C=O) groups is 2. The Morgan fingerprint density at radius 1 is 1.21 bits per heavy atom. The minimum absolute atomic E-state index is 0.0555. The van der Waals surface area contributed by atoms with Crippen molar-refractivity contribution in [1.82, 2.24) is 15.7 Å². The molecule has 0 spiro atoms. The highest BCUT2D eigenvalue weighted by atomic mass is 16.5. The van der Waals surface area contributed by atoms with Gasteiger partial charge in [0.05, 0.1) is 11.0 Å². The van der Waals surface area contributed by atoms with Crippen LogP contribution in [0, 0.1) is 5.41 Å². The normalized spacial score (nSPS) is 21.9. The molecule has 6 nitrogen and oxygen atoms in total. The van der Waals surface area contributed by atoms with Gasteiger partial charge in [0.15, 0.2) is 0 Å². The number of carbonyl (C=O) groups excluding carboxylic acids is 2. The lowest BCUT2D eigenvalue weighted by Crippen LogP contribution is -2.61. The summed E-state index contributed by atoms with van der Waals surface area (Å²) >= 11 is 0. The molecule has 1 saturated heterocycles. The number of rotatable bonds is 5. The van der Waals surface area contributed by atoms with Crippen molar-refractivity contribution in [1.29, 1.82) is 0 Å². The Morgan fingerprint density at radius 2 is 1.79 bits per heavy atom. The predicted molar refractivity (Wildman–Crippen MR) is 91.3 cm³/mol. The monoisotopic (exact) mass is 333 g/mol. The van der Waals surface area contributed by atoms with Crippen LogP contribution >= 0.6 is 0 Å². The molecule has 6 heteroatoms. The number of hydrogen-bond donors (Lipinski definition) is 3. The van der Waals surface area contributed by atoms with Crippen LogP contribution in [0.2, 0.25) is 0 Å². The topological polar surface area (TPSA) is 81.7 Å². The van der Waals surface area contributed by atoms with Crippen LogP contribution in [0.5, 0.6) is 0 Å². The largest absolute Gasteiger partial charge is 0.335 e. The molecule has 1 aromatic carbocycles. The summed E-state index contributed by atoms with van der Waals surface area (Å²) in [6.45, 7) is 7.71. The smallest absolute Gasteiger partial charge is 0.251 e. The van der Waals surface area contributed by atoms with E-state index in [1.807, 2.05) is 44.2 Å². The molecule has 1 heterocycles. The molecule has 0 aliphatic carbocycles. The highest BCUT2D eigenvalue weighted by molar-refractivity contribution is 5.92. The lowest BCUT2D eigenvalue weighted by Gasteiger charge is -2.46. The standard InChI is InChI=1S/C18H27N3O3/c1-16(2,14(22)20-24)17(3,4)21-12-11-18(19-5,15(21)23)13-9-7-6-8-10-13/h6-10,19,24H,11-12H2,1-5H3,(H,20,22). The Kier molecular flexibility index (Phi) is 4.74. The zero-order valence-corrected chi connectivity index (χ0v) is 15.0. The third-order valence-electron chi connectivity index (χ3n) is 5.89. The first kappa shape index (κ1) is 18.4. The second-order valence-corrected chi connectivity index (χ2v) is 7.35. The molecule has 1 aromatic rings. The third-order valence-corrected chi connectivity index (χ3v) is 5.89. The summed E-state index contributed by atoms with van der Waals surface area (Å²) in [5, 5.41) is 12.3. The van der Waals surface area contributed by atoms with Gasteiger partial charge in [-0.05, 0) is 46.7 Å². The zero-order chi connectivity index (χ0) is 18.2. The van der Waals surface area contributed by atoms with E-state index in [0.29, 0.717) is 13.0 Å². The van der Waals surface area contributed by atoms with Crippen molar-refractivity contribution >= 4 is 11.8 Å². The third kappa shape index (κ3) is 2.50. The number of nitrogens with zero attached hydrogens (tertiary/aromatic N) is 1. The molecule has 0 radical (unpaired) electrons. The zero-order valence-electron chi connectivity index (χ0n) is 15.0. The van der Waals surface area contributed by atoms with Gasteiger partial charge in [-0.2, -0.15) is 0 Å². The minimum Gasteiger partial charge on any atom is -0.335 e. The van der Waals surface area contributed by atoms with Crippen molar-refractivity contribution in [3.8, 4) is 0 Å². The number of hydrogen-bond acceptors (Lipinski definition) is 4. The van der Waals surface area contributed by atoms with Crippen LogP contribution in [0.4, 0.5) is 0 Å². The fraction of sp³-hybridized carbons (Fsp3) is 0.556. The van der Waals surface area contributed by atoms with Gasteiger partial charge in [0.2, 0.25) is 5.91 Å². The molecule has 0 aromatic heterocycles. The molecule has 2 amide bonds. The summed E-state index contributed by atoms with van der Waals surface area (Å²) in [7, 11) is 1.78. The van der Waals surface area contributed by atoms with Gasteiger partial charge in [-0.15, -0.1) is 0 Å². The van der Waals surface area contributed by atoms with Gasteiger partial charge in [-0.25, -0.2) is 5.48 Å². The summed E-state index contributed by atoms with van der Waals surface area (Å²) in [6, 6.07) is 9.63. The Balaban J connectivity index is 2.42. The van der Waals surface area contributed by atoms with Crippen LogP contribution < -0.4 is 10.8 Å². The Morgan fingerprint density at radius 3 is 2.29 bits per heavy atom. The summed E-state index contributed by atoms with van der Waals surface area (Å²) in [6.07, 6.45) is 0.618. The van der Waals surface area contributed by atoms with Gasteiger partial charge < -0.3 is 10.2 Å². The molecule has 1 aliphatic heterocycles. The first-order valence-electron chi connectivity index (χ1n) is 8.16. The van der Waals surface area contributed by atoms with Gasteiger partial charge in [0.25, 0.3) is 5.91 Å². The van der Waals surface area contributed by atoms with E-state index < -0.39 is 22.4 Å². The van der Waals surface area contributed by atoms with E-state index in [2.05, 4.69) is 5.32 Å². The Hall–Kier alpha value is -1.92. The number of likely N-dealkylation sites (N-methyl/N-ethyl adjacent to an activating group) is 1. The van der Waals surface area contributed by atoms with Gasteiger partial charge in [-0.1, -0.05) is 30.3 Å². The average Bonchev–Trinajstić information content (AvgIpc) is 2.92. The van der Waals surface area contributed by atoms with E-state index in [0.717, 1.165) is 5.56 Å². The van der Waals surface area contributed by atoms with Crippen molar-refractivity contribution in [3.63, 3.8) is 0 Å². The number of amides is 2. The van der Waals surface area contributed by atoms with Crippen LogP contribution in [0.1, 0.15) is 39.7 Å². The Bertz CT molecular complexity index is 628. The molecular formula is C18H27N3O3. The van der Waals surface area contributed by atoms with Crippen molar-refractivity contribution < 1.29 is 14.8 Å². The van der Waals surface area contributed by atoms with Crippen molar-refractivity contribution in [3.05, 3.63) is 35.9 Å². The van der Waals surface area contributed by atoms with Crippen LogP contribution in [0.3, 0.4) is 0 Å². The van der Waals surface area contributed by atoms with Gasteiger partial charge in [0, 0.05) is 6.54 Å². The molecule has 1 unspecified atom stereocenters. The van der Waals surface area contributed by atoms with Crippen LogP contribution in [0.15, 0.2) is 30.3 Å². The van der Waals surface area contributed by atoms with Crippen LogP contribution in [0.25, 0.3) is 0 Å². The molecule has 0 bridgehead atoms. The molecule has 1 atom stereocenters. The minimum atomic E-state index is -0.960. The second-order valence-electron chi connectivity index (χ2n) is 7.35. The highest BCUT2D eigenvalue weighted by Crippen LogP contribution is 2.43. The molecule has 0 saturated carbocycles. The molecule has 24 heavy (non-hydrogen) atoms. The lowest BCUT2D eigenvalue weighted by atomic mass is 9.72. The maximum atomic E-state index is 13.3. The van der Waals surface area contributed by atoms with E-state index in [-0.39, 0.29) is 5.91 Å². The molecular weight excluding hydrogens is 306 g/mol. The molecule has 132 valence electrons. The van der Waals surface area contributed by atoms with Crippen molar-refractivity contribution in [2.45, 2.75) is 45.2 Å². The predicted octanol–water partition coefficient (Wildman–Crippen LogP) is 1.64. The molecule has 3 N–H and O–H groups in total. The maximum Gasteiger partial charge on any atom is 0.251 e. The van der Waals surface area contributed by atoms with E-state index in [1.165, 1.54) is 0 Å². The van der Waals surface area contributed by atoms with Gasteiger partial charge >= 0.3 is 0 Å². The lowest BCUT2D eigenvalue weighted by molar-refractivity contribution is -0.152. The SMILES string of the molecule is CNC1(c2ccccc2)CCN(C(C)(C)C(C)(C)C(=O)NO)C1=O. The van der Waals surface area contributed by atoms with E-state index in [9.17, 15) is 9.59 Å². The van der Waals surface area contributed by atoms with Crippen LogP contribution in [-0.4, -0.2) is 41.1 Å². The summed E-state index contributed by atoms with van der Waals surface area (Å²) < 4.78 is 0. The number of likely N-dealkylation sites (tertiary alicyclic amines) is 1. The van der Waals surface area contributed by atoms with Crippen LogP contribution in [-0.2, 0) is 15.1 Å². The molecule has 1 aliphatic rings. The summed E-state index contributed by atoms with van der Waals surface area (Å²) in [5.41, 5.74) is 0.119. The number of nitrogens with one attached hydrogen (secondary N) is 2. The highest BCUT2D eigenvalue weighted by Gasteiger charge is 2.56. The number of hydroxylamine groups is 1. The van der Waals surface area contributed by atoms with Gasteiger partial charge in [0.1, 0.15) is 5.54 Å². The quantitative estimate of drug-likeness (QED) is 0.565. The van der Waals surface area contributed by atoms with Crippen molar-refractivity contribution in [2.75, 3.05) is 13.6 Å². The van der Waals surface area contributed by atoms with E-state index in [4.69, 9.17) is 5.21 Å². The first-order valence-corrected chi connectivity index (χ1v) is 8.16. The van der Waals surface area contributed by atoms with Gasteiger partial charge in [-0.3, -0.25) is 14.8 Å². The molecule has 1 fully saturated rings. The van der Waals surface area contributed by atoms with Crippen molar-refractivity contribution in [2.24, 2.45) is 5.41 Å². The maximum absolute atomic E-state index is 13.3. The fourth-order valence-electron chi connectivity index (χ4n) is 3.37. The fourth-order valence-corrected chi connectivity index (χ4v) is 3.37. The molecule has 2 rings (SSSR count). The van der Waals surface area contributed by atoms with E-state index in [1.54, 1.807) is 31.3 Å². The summed E-state index contributed by atoms with van der Waals surface area (Å²) in [4.78, 5) is 27.2. The second kappa shape index (κ2) is 6.18. The van der Waals surface area contributed by atoms with E-state index >= 15 is 0 Å². The summed E-state index contributed by atoms with van der Waals surface area (Å²) in [5.74, 6) is -0.568. The Labute approximate surface area is 143 Å². The first-order chi connectivity index (χ1) is 11.1. The average molecular weight is 333 g/mol.